The van der Waals surface area contributed by atoms with Crippen LogP contribution in [0.4, 0.5) is 4.79 Å². The zero-order valence-electron chi connectivity index (χ0n) is 16.0. The Morgan fingerprint density at radius 3 is 2.33 bits per heavy atom. The predicted molar refractivity (Wildman–Crippen MR) is 96.9 cm³/mol. The minimum absolute atomic E-state index is 0.0419. The van der Waals surface area contributed by atoms with Crippen LogP contribution in [-0.2, 0) is 14.3 Å². The van der Waals surface area contributed by atoms with Crippen LogP contribution in [0.5, 0.6) is 0 Å². The highest BCUT2D eigenvalue weighted by Gasteiger charge is 2.31. The molecule has 1 unspecified atom stereocenters. The number of carbonyl (C=O) groups excluding carboxylic acids is 2. The van der Waals surface area contributed by atoms with Crippen LogP contribution in [0.3, 0.4) is 0 Å². The first-order valence-electron chi connectivity index (χ1n) is 9.02. The molecule has 1 amide bonds. The van der Waals surface area contributed by atoms with Crippen LogP contribution in [0, 0.1) is 5.92 Å². The molecule has 5 heteroatoms. The van der Waals surface area contributed by atoms with Crippen LogP contribution in [0.25, 0.3) is 0 Å². The van der Waals surface area contributed by atoms with Crippen molar-refractivity contribution in [3.05, 3.63) is 12.7 Å². The van der Waals surface area contributed by atoms with Gasteiger partial charge in [-0.2, -0.15) is 0 Å². The van der Waals surface area contributed by atoms with Gasteiger partial charge >= 0.3 is 12.1 Å². The monoisotopic (exact) mass is 341 g/mol. The lowest BCUT2D eigenvalue weighted by Gasteiger charge is -2.27. The highest BCUT2D eigenvalue weighted by atomic mass is 16.6. The second-order valence-electron chi connectivity index (χ2n) is 6.97. The van der Waals surface area contributed by atoms with Crippen molar-refractivity contribution in [2.45, 2.75) is 84.8 Å². The van der Waals surface area contributed by atoms with E-state index >= 15 is 0 Å². The van der Waals surface area contributed by atoms with Crippen molar-refractivity contribution in [1.29, 1.82) is 0 Å². The molecular weight excluding hydrogens is 306 g/mol. The summed E-state index contributed by atoms with van der Waals surface area (Å²) in [6.45, 7) is 13.2. The Morgan fingerprint density at radius 2 is 1.83 bits per heavy atom. The van der Waals surface area contributed by atoms with E-state index < -0.39 is 17.7 Å². The number of hydrogen-bond donors (Lipinski definition) is 1. The molecule has 0 spiro atoms. The standard InChI is InChI=1S/C19H35NO4/c1-7-10-11-12-13-14-15(8-2)16(17(21)23-9-3)20-18(22)24-19(4,5)6/h7,15-16H,1,8-14H2,2-6H3,(H,20,22)/t15-,16?/m1/s1. The normalized spacial score (nSPS) is 13.7. The van der Waals surface area contributed by atoms with Crippen LogP contribution >= 0.6 is 0 Å². The lowest BCUT2D eigenvalue weighted by Crippen LogP contribution is -2.48. The molecule has 0 saturated heterocycles. The Labute approximate surface area is 147 Å². The fourth-order valence-electron chi connectivity index (χ4n) is 2.51. The molecule has 24 heavy (non-hydrogen) atoms. The molecule has 5 nitrogen and oxygen atoms in total. The maximum Gasteiger partial charge on any atom is 0.408 e. The third-order valence-electron chi connectivity index (χ3n) is 3.69. The van der Waals surface area contributed by atoms with Crippen molar-refractivity contribution >= 4 is 12.1 Å². The molecule has 0 saturated carbocycles. The molecule has 0 fully saturated rings. The van der Waals surface area contributed by atoms with Gasteiger partial charge in [-0.25, -0.2) is 9.59 Å². The second-order valence-corrected chi connectivity index (χ2v) is 6.97. The smallest absolute Gasteiger partial charge is 0.408 e. The van der Waals surface area contributed by atoms with Crippen LogP contribution in [0.2, 0.25) is 0 Å². The van der Waals surface area contributed by atoms with Crippen LogP contribution in [0.15, 0.2) is 12.7 Å². The SMILES string of the molecule is C=CCCCCC[C@@H](CC)C(NC(=O)OC(C)(C)C)C(=O)OCC. The number of carbonyl (C=O) groups is 2. The number of ether oxygens (including phenoxy) is 2. The second kappa shape index (κ2) is 11.9. The van der Waals surface area contributed by atoms with Crippen LogP contribution < -0.4 is 5.32 Å². The summed E-state index contributed by atoms with van der Waals surface area (Å²) in [5, 5.41) is 2.71. The van der Waals surface area contributed by atoms with E-state index in [1.807, 2.05) is 13.0 Å². The number of hydrogen-bond acceptors (Lipinski definition) is 4. The van der Waals surface area contributed by atoms with Gasteiger partial charge in [-0.05, 0) is 52.9 Å². The molecule has 0 aromatic heterocycles. The molecule has 0 aliphatic carbocycles. The first-order chi connectivity index (χ1) is 11.2. The molecule has 0 bridgehead atoms. The molecular formula is C19H35NO4. The number of allylic oxidation sites excluding steroid dienone is 1. The van der Waals surface area contributed by atoms with Gasteiger partial charge in [0, 0.05) is 0 Å². The highest BCUT2D eigenvalue weighted by molar-refractivity contribution is 5.81. The number of amides is 1. The lowest BCUT2D eigenvalue weighted by atomic mass is 9.90. The molecule has 140 valence electrons. The fraction of sp³-hybridized carbons (Fsp3) is 0.789. The summed E-state index contributed by atoms with van der Waals surface area (Å²) >= 11 is 0. The maximum atomic E-state index is 12.3. The van der Waals surface area contributed by atoms with Gasteiger partial charge in [-0.3, -0.25) is 0 Å². The molecule has 0 rings (SSSR count). The van der Waals surface area contributed by atoms with Gasteiger partial charge in [0.2, 0.25) is 0 Å². The Kier molecular flexibility index (Phi) is 11.2. The van der Waals surface area contributed by atoms with E-state index in [9.17, 15) is 9.59 Å². The number of alkyl carbamates (subject to hydrolysis) is 1. The van der Waals surface area contributed by atoms with Gasteiger partial charge in [0.05, 0.1) is 6.61 Å². The predicted octanol–water partition coefficient (Wildman–Crippen LogP) is 4.61. The Balaban J connectivity index is 4.78. The van der Waals surface area contributed by atoms with Crippen molar-refractivity contribution < 1.29 is 19.1 Å². The van der Waals surface area contributed by atoms with E-state index in [2.05, 4.69) is 11.9 Å². The van der Waals surface area contributed by atoms with E-state index in [-0.39, 0.29) is 11.9 Å². The largest absolute Gasteiger partial charge is 0.464 e. The molecule has 1 N–H and O–H groups in total. The minimum atomic E-state index is -0.663. The van der Waals surface area contributed by atoms with E-state index in [4.69, 9.17) is 9.47 Å². The van der Waals surface area contributed by atoms with Crippen molar-refractivity contribution in [2.24, 2.45) is 5.92 Å². The van der Waals surface area contributed by atoms with Gasteiger partial charge in [0.1, 0.15) is 11.6 Å². The van der Waals surface area contributed by atoms with Gasteiger partial charge in [0.25, 0.3) is 0 Å². The first-order valence-corrected chi connectivity index (χ1v) is 9.02. The summed E-state index contributed by atoms with van der Waals surface area (Å²) in [5.74, 6) is -0.346. The number of nitrogens with one attached hydrogen (secondary N) is 1. The maximum absolute atomic E-state index is 12.3. The van der Waals surface area contributed by atoms with Crippen LogP contribution in [0.1, 0.15) is 73.1 Å². The third-order valence-corrected chi connectivity index (χ3v) is 3.69. The average Bonchev–Trinajstić information content (AvgIpc) is 2.47. The fourth-order valence-corrected chi connectivity index (χ4v) is 2.51. The third kappa shape index (κ3) is 10.3. The first kappa shape index (κ1) is 22.5. The van der Waals surface area contributed by atoms with Gasteiger partial charge in [0.15, 0.2) is 0 Å². The Bertz CT molecular complexity index is 387. The van der Waals surface area contributed by atoms with Gasteiger partial charge in [-0.1, -0.05) is 32.3 Å². The van der Waals surface area contributed by atoms with Gasteiger partial charge in [-0.15, -0.1) is 6.58 Å². The molecule has 0 heterocycles. The Morgan fingerprint density at radius 1 is 1.17 bits per heavy atom. The average molecular weight is 341 g/mol. The summed E-state index contributed by atoms with van der Waals surface area (Å²) in [5.41, 5.74) is -0.601. The van der Waals surface area contributed by atoms with E-state index in [0.29, 0.717) is 6.61 Å². The van der Waals surface area contributed by atoms with E-state index in [0.717, 1.165) is 38.5 Å². The number of rotatable bonds is 11. The topological polar surface area (TPSA) is 64.6 Å². The van der Waals surface area contributed by atoms with E-state index in [1.165, 1.54) is 0 Å². The lowest BCUT2D eigenvalue weighted by molar-refractivity contribution is -0.147. The summed E-state index contributed by atoms with van der Waals surface area (Å²) in [4.78, 5) is 24.3. The van der Waals surface area contributed by atoms with Crippen molar-refractivity contribution in [3.8, 4) is 0 Å². The van der Waals surface area contributed by atoms with Crippen molar-refractivity contribution in [3.63, 3.8) is 0 Å². The summed E-state index contributed by atoms with van der Waals surface area (Å²) in [6, 6.07) is -0.663. The molecule has 0 aliphatic heterocycles. The minimum Gasteiger partial charge on any atom is -0.464 e. The zero-order chi connectivity index (χ0) is 18.6. The van der Waals surface area contributed by atoms with Crippen molar-refractivity contribution in [1.82, 2.24) is 5.32 Å². The van der Waals surface area contributed by atoms with E-state index in [1.54, 1.807) is 27.7 Å². The number of unbranched alkanes of at least 4 members (excludes halogenated alkanes) is 3. The summed E-state index contributed by atoms with van der Waals surface area (Å²) in [7, 11) is 0. The zero-order valence-corrected chi connectivity index (χ0v) is 16.0. The molecule has 0 aromatic carbocycles. The summed E-state index contributed by atoms with van der Waals surface area (Å²) in [6.07, 6.45) is 7.21. The highest BCUT2D eigenvalue weighted by Crippen LogP contribution is 2.20. The molecule has 0 aromatic rings. The molecule has 0 aliphatic rings. The van der Waals surface area contributed by atoms with Crippen molar-refractivity contribution in [2.75, 3.05) is 6.61 Å². The molecule has 2 atom stereocenters. The number of esters is 1. The van der Waals surface area contributed by atoms with Crippen LogP contribution in [-0.4, -0.2) is 30.3 Å². The van der Waals surface area contributed by atoms with Gasteiger partial charge < -0.3 is 14.8 Å². The Hall–Kier alpha value is -1.52. The summed E-state index contributed by atoms with van der Waals surface area (Å²) < 4.78 is 10.4. The quantitative estimate of drug-likeness (QED) is 0.339. The molecule has 0 radical (unpaired) electrons.